The maximum Gasteiger partial charge on any atom is 0.328 e. The third-order valence-corrected chi connectivity index (χ3v) is 2.54. The highest BCUT2D eigenvalue weighted by Crippen LogP contribution is 2.21. The molecule has 20 heavy (non-hydrogen) atoms. The summed E-state index contributed by atoms with van der Waals surface area (Å²) in [6.45, 7) is 4.51. The molecule has 0 unspecified atom stereocenters. The molecule has 0 aliphatic heterocycles. The van der Waals surface area contributed by atoms with Crippen LogP contribution in [-0.2, 0) is 20.9 Å². The molecule has 0 saturated heterocycles. The van der Waals surface area contributed by atoms with E-state index >= 15 is 0 Å². The van der Waals surface area contributed by atoms with Gasteiger partial charge in [-0.15, -0.1) is 0 Å². The topological polar surface area (TPSA) is 116 Å². The molecule has 0 radical (unpaired) electrons. The lowest BCUT2D eigenvalue weighted by molar-refractivity contribution is -0.386. The van der Waals surface area contributed by atoms with Crippen LogP contribution in [0.2, 0.25) is 0 Å². The zero-order valence-corrected chi connectivity index (χ0v) is 11.5. The highest BCUT2D eigenvalue weighted by molar-refractivity contribution is 5.80. The van der Waals surface area contributed by atoms with Crippen LogP contribution in [0.1, 0.15) is 18.3 Å². The maximum atomic E-state index is 11.5. The number of nitrogens with zero attached hydrogens (tertiary/aromatic N) is 3. The second-order valence-electron chi connectivity index (χ2n) is 4.05. The highest BCUT2D eigenvalue weighted by atomic mass is 16.6. The van der Waals surface area contributed by atoms with Gasteiger partial charge in [0.1, 0.15) is 17.9 Å². The van der Waals surface area contributed by atoms with Crippen molar-refractivity contribution in [2.24, 2.45) is 0 Å². The minimum Gasteiger partial charge on any atom is -0.454 e. The van der Waals surface area contributed by atoms with Crippen molar-refractivity contribution in [2.75, 3.05) is 13.2 Å². The van der Waals surface area contributed by atoms with E-state index in [4.69, 9.17) is 4.74 Å². The molecule has 0 saturated carbocycles. The zero-order valence-electron chi connectivity index (χ0n) is 11.5. The number of nitrogens with one attached hydrogen (secondary N) is 1. The van der Waals surface area contributed by atoms with Crippen LogP contribution in [0.3, 0.4) is 0 Å². The van der Waals surface area contributed by atoms with Crippen LogP contribution in [0.5, 0.6) is 0 Å². The normalized spacial score (nSPS) is 10.2. The number of hydrogen-bond acceptors (Lipinski definition) is 6. The Kier molecular flexibility index (Phi) is 5.18. The average Bonchev–Trinajstić information content (AvgIpc) is 2.62. The first-order chi connectivity index (χ1) is 9.36. The van der Waals surface area contributed by atoms with E-state index in [0.717, 1.165) is 0 Å². The van der Waals surface area contributed by atoms with Crippen LogP contribution < -0.4 is 5.32 Å². The summed E-state index contributed by atoms with van der Waals surface area (Å²) >= 11 is 0. The molecule has 1 rings (SSSR count). The van der Waals surface area contributed by atoms with E-state index in [1.807, 2.05) is 0 Å². The number of amides is 1. The van der Waals surface area contributed by atoms with Gasteiger partial charge in [0.05, 0.1) is 4.92 Å². The smallest absolute Gasteiger partial charge is 0.328 e. The molecule has 1 N–H and O–H groups in total. The van der Waals surface area contributed by atoms with Crippen molar-refractivity contribution in [1.82, 2.24) is 15.1 Å². The van der Waals surface area contributed by atoms with Gasteiger partial charge in [-0.05, 0) is 20.8 Å². The zero-order chi connectivity index (χ0) is 15.3. The van der Waals surface area contributed by atoms with Gasteiger partial charge in [0.25, 0.3) is 5.91 Å². The van der Waals surface area contributed by atoms with Crippen molar-refractivity contribution in [3.8, 4) is 0 Å². The lowest BCUT2D eigenvalue weighted by atomic mass is 10.3. The number of carbonyl (C=O) groups is 2. The number of aryl methyl sites for hydroxylation is 1. The predicted octanol–water partition coefficient (Wildman–Crippen LogP) is 0.0874. The molecule has 9 nitrogen and oxygen atoms in total. The summed E-state index contributed by atoms with van der Waals surface area (Å²) < 4.78 is 5.93. The molecule has 1 aromatic rings. The maximum absolute atomic E-state index is 11.5. The van der Waals surface area contributed by atoms with Gasteiger partial charge < -0.3 is 10.1 Å². The van der Waals surface area contributed by atoms with Crippen LogP contribution in [0.25, 0.3) is 0 Å². The Balaban J connectivity index is 2.65. The molecule has 0 atom stereocenters. The van der Waals surface area contributed by atoms with Crippen molar-refractivity contribution in [3.05, 3.63) is 21.5 Å². The number of carbonyl (C=O) groups excluding carboxylic acids is 2. The Morgan fingerprint density at radius 3 is 2.60 bits per heavy atom. The third kappa shape index (κ3) is 3.77. The third-order valence-electron chi connectivity index (χ3n) is 2.54. The lowest BCUT2D eigenvalue weighted by Gasteiger charge is -2.05. The van der Waals surface area contributed by atoms with Crippen molar-refractivity contribution in [3.63, 3.8) is 0 Å². The molecule has 9 heteroatoms. The highest BCUT2D eigenvalue weighted by Gasteiger charge is 2.23. The fourth-order valence-corrected chi connectivity index (χ4v) is 1.67. The SMILES string of the molecule is CCNC(=O)COC(=O)Cn1nc(C)c([N+](=O)[O-])c1C. The van der Waals surface area contributed by atoms with E-state index in [2.05, 4.69) is 10.4 Å². The number of rotatable bonds is 6. The molecule has 110 valence electrons. The summed E-state index contributed by atoms with van der Waals surface area (Å²) in [6.07, 6.45) is 0. The molecule has 0 spiro atoms. The molecule has 1 heterocycles. The number of nitro groups is 1. The van der Waals surface area contributed by atoms with Crippen LogP contribution in [0.4, 0.5) is 5.69 Å². The summed E-state index contributed by atoms with van der Waals surface area (Å²) in [5.41, 5.74) is 0.369. The fraction of sp³-hybridized carbons (Fsp3) is 0.545. The fourth-order valence-electron chi connectivity index (χ4n) is 1.67. The Hall–Kier alpha value is -2.45. The van der Waals surface area contributed by atoms with E-state index in [-0.39, 0.29) is 30.2 Å². The Morgan fingerprint density at radius 2 is 2.10 bits per heavy atom. The van der Waals surface area contributed by atoms with Crippen molar-refractivity contribution in [2.45, 2.75) is 27.3 Å². The van der Waals surface area contributed by atoms with Gasteiger partial charge in [-0.25, -0.2) is 0 Å². The number of ether oxygens (including phenoxy) is 1. The molecule has 0 aliphatic carbocycles. The number of esters is 1. The van der Waals surface area contributed by atoms with Gasteiger partial charge in [0.2, 0.25) is 0 Å². The standard InChI is InChI=1S/C11H16N4O5/c1-4-12-9(16)6-20-10(17)5-14-8(3)11(15(18)19)7(2)13-14/h4-6H2,1-3H3,(H,12,16). The van der Waals surface area contributed by atoms with Crippen LogP contribution in [0.15, 0.2) is 0 Å². The first kappa shape index (κ1) is 15.6. The lowest BCUT2D eigenvalue weighted by Crippen LogP contribution is -2.29. The van der Waals surface area contributed by atoms with Crippen molar-refractivity contribution in [1.29, 1.82) is 0 Å². The van der Waals surface area contributed by atoms with E-state index in [1.54, 1.807) is 6.92 Å². The van der Waals surface area contributed by atoms with Gasteiger partial charge in [0.15, 0.2) is 6.61 Å². The summed E-state index contributed by atoms with van der Waals surface area (Å²) in [4.78, 5) is 32.9. The van der Waals surface area contributed by atoms with E-state index in [1.165, 1.54) is 18.5 Å². The summed E-state index contributed by atoms with van der Waals surface area (Å²) in [7, 11) is 0. The molecule has 1 amide bonds. The average molecular weight is 284 g/mol. The predicted molar refractivity (Wildman–Crippen MR) is 68.0 cm³/mol. The van der Waals surface area contributed by atoms with Gasteiger partial charge in [-0.2, -0.15) is 5.10 Å². The van der Waals surface area contributed by atoms with Gasteiger partial charge in [0, 0.05) is 6.54 Å². The number of aromatic nitrogens is 2. The van der Waals surface area contributed by atoms with Crippen molar-refractivity contribution >= 4 is 17.6 Å². The minimum absolute atomic E-state index is 0.124. The summed E-state index contributed by atoms with van der Waals surface area (Å²) in [5.74, 6) is -1.09. The first-order valence-electron chi connectivity index (χ1n) is 5.97. The molecule has 0 bridgehead atoms. The molecule has 0 fully saturated rings. The quantitative estimate of drug-likeness (QED) is 0.449. The van der Waals surface area contributed by atoms with Crippen LogP contribution >= 0.6 is 0 Å². The van der Waals surface area contributed by atoms with E-state index < -0.39 is 16.8 Å². The second-order valence-corrected chi connectivity index (χ2v) is 4.05. The second kappa shape index (κ2) is 6.64. The Bertz CT molecular complexity index is 537. The molecular weight excluding hydrogens is 268 g/mol. The number of likely N-dealkylation sites (N-methyl/N-ethyl adjacent to an activating group) is 1. The van der Waals surface area contributed by atoms with Crippen LogP contribution in [-0.4, -0.2) is 39.7 Å². The molecule has 0 aliphatic rings. The Labute approximate surface area is 115 Å². The van der Waals surface area contributed by atoms with Gasteiger partial charge >= 0.3 is 11.7 Å². The van der Waals surface area contributed by atoms with Crippen LogP contribution in [0, 0.1) is 24.0 Å². The Morgan fingerprint density at radius 1 is 1.45 bits per heavy atom. The summed E-state index contributed by atoms with van der Waals surface area (Å²) in [6, 6.07) is 0. The monoisotopic (exact) mass is 284 g/mol. The van der Waals surface area contributed by atoms with Crippen molar-refractivity contribution < 1.29 is 19.2 Å². The molecule has 1 aromatic heterocycles. The molecular formula is C11H16N4O5. The molecule has 0 aromatic carbocycles. The van der Waals surface area contributed by atoms with Gasteiger partial charge in [-0.3, -0.25) is 24.4 Å². The van der Waals surface area contributed by atoms with E-state index in [9.17, 15) is 19.7 Å². The largest absolute Gasteiger partial charge is 0.454 e. The van der Waals surface area contributed by atoms with Gasteiger partial charge in [-0.1, -0.05) is 0 Å². The summed E-state index contributed by atoms with van der Waals surface area (Å²) in [5, 5.41) is 17.2. The first-order valence-corrected chi connectivity index (χ1v) is 5.97. The van der Waals surface area contributed by atoms with E-state index in [0.29, 0.717) is 6.54 Å². The minimum atomic E-state index is -0.684. The number of hydrogen-bond donors (Lipinski definition) is 1.